The standard InChI is InChI=1S/C7H11F3INO4S/c1-3-6(2,11)5(13)16-4-12-17(14,15)7(8,9)10/h12H,3-4H2,1-2H3. The van der Waals surface area contributed by atoms with E-state index in [0.717, 1.165) is 4.72 Å². The summed E-state index contributed by atoms with van der Waals surface area (Å²) in [6.45, 7) is 2.17. The van der Waals surface area contributed by atoms with Gasteiger partial charge in [-0.05, 0) is 13.3 Å². The highest BCUT2D eigenvalue weighted by Crippen LogP contribution is 2.24. The molecule has 17 heavy (non-hydrogen) atoms. The van der Waals surface area contributed by atoms with E-state index in [1.54, 1.807) is 29.5 Å². The van der Waals surface area contributed by atoms with E-state index in [9.17, 15) is 26.4 Å². The average Bonchev–Trinajstić information content (AvgIpc) is 2.15. The van der Waals surface area contributed by atoms with Crippen LogP contribution in [0.25, 0.3) is 0 Å². The molecule has 0 aliphatic rings. The minimum absolute atomic E-state index is 0.401. The van der Waals surface area contributed by atoms with Gasteiger partial charge in [0.05, 0.1) is 0 Å². The Morgan fingerprint density at radius 2 is 1.88 bits per heavy atom. The van der Waals surface area contributed by atoms with Crippen molar-refractivity contribution in [2.24, 2.45) is 0 Å². The number of esters is 1. The maximum absolute atomic E-state index is 11.9. The average molecular weight is 389 g/mol. The van der Waals surface area contributed by atoms with Crippen molar-refractivity contribution >= 4 is 38.6 Å². The van der Waals surface area contributed by atoms with Crippen LogP contribution in [0, 0.1) is 0 Å². The van der Waals surface area contributed by atoms with Crippen LogP contribution in [0.15, 0.2) is 0 Å². The summed E-state index contributed by atoms with van der Waals surface area (Å²) in [6, 6.07) is 0. The van der Waals surface area contributed by atoms with E-state index in [2.05, 4.69) is 4.74 Å². The first-order chi connectivity index (χ1) is 7.44. The zero-order valence-electron chi connectivity index (χ0n) is 8.97. The third-order valence-electron chi connectivity index (χ3n) is 1.85. The van der Waals surface area contributed by atoms with Crippen LogP contribution in [0.2, 0.25) is 0 Å². The molecule has 0 bridgehead atoms. The molecule has 0 saturated carbocycles. The molecule has 0 aromatic heterocycles. The van der Waals surface area contributed by atoms with Gasteiger partial charge in [-0.3, -0.25) is 4.79 Å². The van der Waals surface area contributed by atoms with Gasteiger partial charge in [0.25, 0.3) is 0 Å². The number of carbonyl (C=O) groups excluding carboxylic acids is 1. The molecule has 0 aliphatic heterocycles. The second-order valence-corrected chi connectivity index (χ2v) is 7.36. The Kier molecular flexibility index (Phi) is 5.66. The molecule has 1 unspecified atom stereocenters. The number of alkyl halides is 4. The lowest BCUT2D eigenvalue weighted by Gasteiger charge is -2.18. The van der Waals surface area contributed by atoms with E-state index in [4.69, 9.17) is 0 Å². The van der Waals surface area contributed by atoms with Gasteiger partial charge in [0.1, 0.15) is 3.42 Å². The van der Waals surface area contributed by atoms with Crippen LogP contribution in [0.1, 0.15) is 20.3 Å². The molecule has 0 spiro atoms. The Morgan fingerprint density at radius 3 is 2.24 bits per heavy atom. The van der Waals surface area contributed by atoms with Gasteiger partial charge in [-0.2, -0.15) is 17.9 Å². The lowest BCUT2D eigenvalue weighted by Crippen LogP contribution is -2.40. The molecule has 1 N–H and O–H groups in total. The molecule has 0 fully saturated rings. The number of hydrogen-bond donors (Lipinski definition) is 1. The number of sulfonamides is 1. The number of carbonyl (C=O) groups is 1. The molecule has 0 radical (unpaired) electrons. The van der Waals surface area contributed by atoms with Crippen LogP contribution in [-0.4, -0.2) is 30.0 Å². The van der Waals surface area contributed by atoms with Crippen LogP contribution in [-0.2, 0) is 19.6 Å². The largest absolute Gasteiger partial charge is 0.511 e. The van der Waals surface area contributed by atoms with Crippen LogP contribution in [0.4, 0.5) is 13.2 Å². The minimum Gasteiger partial charge on any atom is -0.448 e. The highest BCUT2D eigenvalue weighted by molar-refractivity contribution is 14.1. The van der Waals surface area contributed by atoms with E-state index < -0.39 is 31.7 Å². The van der Waals surface area contributed by atoms with E-state index in [1.165, 1.54) is 6.92 Å². The lowest BCUT2D eigenvalue weighted by molar-refractivity contribution is -0.145. The first kappa shape index (κ1) is 16.9. The number of nitrogens with one attached hydrogen (secondary N) is 1. The summed E-state index contributed by atoms with van der Waals surface area (Å²) in [5, 5.41) is 0. The number of ether oxygens (including phenoxy) is 1. The van der Waals surface area contributed by atoms with Crippen molar-refractivity contribution < 1.29 is 31.1 Å². The summed E-state index contributed by atoms with van der Waals surface area (Å²) in [6.07, 6.45) is 0.401. The van der Waals surface area contributed by atoms with Crippen molar-refractivity contribution in [3.05, 3.63) is 0 Å². The first-order valence-electron chi connectivity index (χ1n) is 4.36. The maximum Gasteiger partial charge on any atom is 0.511 e. The smallest absolute Gasteiger partial charge is 0.448 e. The number of hydrogen-bond acceptors (Lipinski definition) is 4. The van der Waals surface area contributed by atoms with Crippen molar-refractivity contribution in [3.8, 4) is 0 Å². The lowest BCUT2D eigenvalue weighted by atomic mass is 10.1. The highest BCUT2D eigenvalue weighted by Gasteiger charge is 2.45. The van der Waals surface area contributed by atoms with Crippen molar-refractivity contribution in [1.29, 1.82) is 0 Å². The Labute approximate surface area is 110 Å². The summed E-state index contributed by atoms with van der Waals surface area (Å²) < 4.78 is 61.3. The predicted octanol–water partition coefficient (Wildman–Crippen LogP) is 1.53. The van der Waals surface area contributed by atoms with Crippen LogP contribution >= 0.6 is 22.6 Å². The fourth-order valence-corrected chi connectivity index (χ4v) is 1.08. The number of rotatable bonds is 5. The molecular formula is C7H11F3INO4S. The predicted molar refractivity (Wildman–Crippen MR) is 61.8 cm³/mol. The van der Waals surface area contributed by atoms with Gasteiger partial charge in [-0.25, -0.2) is 8.42 Å². The van der Waals surface area contributed by atoms with Crippen molar-refractivity contribution in [2.45, 2.75) is 29.2 Å². The summed E-state index contributed by atoms with van der Waals surface area (Å²) >= 11 is 1.77. The quantitative estimate of drug-likeness (QED) is 0.335. The second-order valence-electron chi connectivity index (χ2n) is 3.22. The molecular weight excluding hydrogens is 378 g/mol. The Morgan fingerprint density at radius 1 is 1.41 bits per heavy atom. The zero-order chi connectivity index (χ0) is 13.9. The summed E-state index contributed by atoms with van der Waals surface area (Å²) in [5.74, 6) is -0.787. The molecule has 10 heteroatoms. The Balaban J connectivity index is 4.33. The van der Waals surface area contributed by atoms with E-state index in [0.29, 0.717) is 6.42 Å². The SMILES string of the molecule is CCC(C)(I)C(=O)OCNS(=O)(=O)C(F)(F)F. The molecule has 0 aromatic carbocycles. The van der Waals surface area contributed by atoms with Crippen LogP contribution in [0.3, 0.4) is 0 Å². The van der Waals surface area contributed by atoms with Crippen molar-refractivity contribution in [2.75, 3.05) is 6.73 Å². The molecule has 0 rings (SSSR count). The highest BCUT2D eigenvalue weighted by atomic mass is 127. The van der Waals surface area contributed by atoms with Gasteiger partial charge >= 0.3 is 21.5 Å². The molecule has 0 heterocycles. The molecule has 0 aromatic rings. The fraction of sp³-hybridized carbons (Fsp3) is 0.857. The molecule has 102 valence electrons. The third-order valence-corrected chi connectivity index (χ3v) is 4.16. The summed E-state index contributed by atoms with van der Waals surface area (Å²) in [4.78, 5) is 11.3. The second kappa shape index (κ2) is 5.69. The first-order valence-corrected chi connectivity index (χ1v) is 6.92. The molecule has 0 amide bonds. The summed E-state index contributed by atoms with van der Waals surface area (Å²) in [7, 11) is -5.48. The molecule has 0 saturated heterocycles. The van der Waals surface area contributed by atoms with Gasteiger partial charge in [-0.1, -0.05) is 29.5 Å². The van der Waals surface area contributed by atoms with Gasteiger partial charge in [0, 0.05) is 0 Å². The summed E-state index contributed by atoms with van der Waals surface area (Å²) in [5.41, 5.74) is -5.42. The minimum atomic E-state index is -5.48. The van der Waals surface area contributed by atoms with Gasteiger partial charge in [-0.15, -0.1) is 0 Å². The van der Waals surface area contributed by atoms with Crippen LogP contribution < -0.4 is 4.72 Å². The maximum atomic E-state index is 11.9. The van der Waals surface area contributed by atoms with Gasteiger partial charge < -0.3 is 4.74 Å². The zero-order valence-corrected chi connectivity index (χ0v) is 11.9. The van der Waals surface area contributed by atoms with E-state index in [1.807, 2.05) is 0 Å². The third kappa shape index (κ3) is 4.95. The Bertz CT molecular complexity index is 379. The van der Waals surface area contributed by atoms with Crippen molar-refractivity contribution in [3.63, 3.8) is 0 Å². The van der Waals surface area contributed by atoms with Gasteiger partial charge in [0.2, 0.25) is 0 Å². The fourth-order valence-electron chi connectivity index (χ4n) is 0.549. The number of halogens is 4. The normalized spacial score (nSPS) is 16.4. The van der Waals surface area contributed by atoms with E-state index >= 15 is 0 Å². The topological polar surface area (TPSA) is 72.5 Å². The van der Waals surface area contributed by atoms with Crippen molar-refractivity contribution in [1.82, 2.24) is 4.72 Å². The molecule has 5 nitrogen and oxygen atoms in total. The molecule has 0 aliphatic carbocycles. The van der Waals surface area contributed by atoms with Crippen LogP contribution in [0.5, 0.6) is 0 Å². The van der Waals surface area contributed by atoms with Gasteiger partial charge in [0.15, 0.2) is 6.73 Å². The van der Waals surface area contributed by atoms with E-state index in [-0.39, 0.29) is 0 Å². The molecule has 1 atom stereocenters. The Hall–Kier alpha value is -0.100. The monoisotopic (exact) mass is 389 g/mol.